The molecule has 0 aromatic heterocycles. The van der Waals surface area contributed by atoms with E-state index in [0.29, 0.717) is 17.9 Å². The van der Waals surface area contributed by atoms with E-state index in [4.69, 9.17) is 4.74 Å². The van der Waals surface area contributed by atoms with Gasteiger partial charge in [0.25, 0.3) is 0 Å². The van der Waals surface area contributed by atoms with Crippen LogP contribution in [0.2, 0.25) is 0 Å². The van der Waals surface area contributed by atoms with Crippen LogP contribution in [0.15, 0.2) is 29.4 Å². The summed E-state index contributed by atoms with van der Waals surface area (Å²) in [4.78, 5) is 20.9. The molecular formula is C9H9NO3. The average molecular weight is 179 g/mol. The lowest BCUT2D eigenvalue weighted by Gasteiger charge is -2.00. The molecule has 4 heteroatoms. The number of esters is 1. The van der Waals surface area contributed by atoms with Crippen molar-refractivity contribution in [3.63, 3.8) is 0 Å². The van der Waals surface area contributed by atoms with Crippen molar-refractivity contribution < 1.29 is 9.53 Å². The Kier molecular flexibility index (Phi) is 3.14. The number of nitroso groups, excluding NO2 is 1. The maximum atomic E-state index is 10.8. The van der Waals surface area contributed by atoms with Gasteiger partial charge in [0.15, 0.2) is 0 Å². The van der Waals surface area contributed by atoms with Crippen LogP contribution in [0.5, 0.6) is 5.75 Å². The second-order valence-electron chi connectivity index (χ2n) is 2.41. The van der Waals surface area contributed by atoms with E-state index in [1.54, 1.807) is 6.92 Å². The number of ether oxygens (including phenoxy) is 1. The molecule has 0 N–H and O–H groups in total. The molecule has 13 heavy (non-hydrogen) atoms. The fraction of sp³-hybridized carbons (Fsp3) is 0.222. The number of benzene rings is 1. The van der Waals surface area contributed by atoms with Crippen molar-refractivity contribution in [3.05, 3.63) is 29.2 Å². The maximum Gasteiger partial charge on any atom is 0.310 e. The molecule has 0 spiro atoms. The zero-order valence-corrected chi connectivity index (χ0v) is 7.19. The number of nitrogens with zero attached hydrogens (tertiary/aromatic N) is 1. The fourth-order valence-electron chi connectivity index (χ4n) is 0.779. The minimum Gasteiger partial charge on any atom is -0.427 e. The molecular weight excluding hydrogens is 170 g/mol. The fourth-order valence-corrected chi connectivity index (χ4v) is 0.779. The van der Waals surface area contributed by atoms with Crippen LogP contribution in [0.3, 0.4) is 0 Å². The standard InChI is InChI=1S/C9H9NO3/c1-2-9(11)13-8-5-3-7(10-12)4-6-8/h3-6H,2H2,1H3. The predicted octanol–water partition coefficient (Wildman–Crippen LogP) is 2.40. The molecule has 0 saturated carbocycles. The van der Waals surface area contributed by atoms with Crippen LogP contribution in [-0.2, 0) is 4.79 Å². The number of hydrogen-bond donors (Lipinski definition) is 0. The Hall–Kier alpha value is -1.71. The van der Waals surface area contributed by atoms with Gasteiger partial charge in [-0.05, 0) is 29.4 Å². The molecule has 0 atom stereocenters. The first-order chi connectivity index (χ1) is 6.26. The van der Waals surface area contributed by atoms with Crippen LogP contribution in [0.1, 0.15) is 13.3 Å². The molecule has 4 nitrogen and oxygen atoms in total. The highest BCUT2D eigenvalue weighted by Gasteiger charge is 2.00. The largest absolute Gasteiger partial charge is 0.427 e. The Morgan fingerprint density at radius 2 is 2.00 bits per heavy atom. The van der Waals surface area contributed by atoms with Crippen molar-refractivity contribution in [1.82, 2.24) is 0 Å². The lowest BCUT2D eigenvalue weighted by molar-refractivity contribution is -0.134. The molecule has 0 unspecified atom stereocenters. The second kappa shape index (κ2) is 4.35. The molecule has 1 aromatic rings. The highest BCUT2D eigenvalue weighted by Crippen LogP contribution is 2.17. The Balaban J connectivity index is 2.69. The van der Waals surface area contributed by atoms with E-state index in [1.165, 1.54) is 24.3 Å². The third kappa shape index (κ3) is 2.66. The third-order valence-corrected chi connectivity index (χ3v) is 1.46. The number of carbonyl (C=O) groups excluding carboxylic acids is 1. The van der Waals surface area contributed by atoms with Gasteiger partial charge in [-0.25, -0.2) is 0 Å². The molecule has 0 bridgehead atoms. The Morgan fingerprint density at radius 1 is 1.38 bits per heavy atom. The van der Waals surface area contributed by atoms with Crippen LogP contribution in [0.4, 0.5) is 5.69 Å². The van der Waals surface area contributed by atoms with E-state index in [2.05, 4.69) is 5.18 Å². The van der Waals surface area contributed by atoms with Gasteiger partial charge in [-0.1, -0.05) is 6.92 Å². The van der Waals surface area contributed by atoms with E-state index in [0.717, 1.165) is 0 Å². The molecule has 0 saturated heterocycles. The van der Waals surface area contributed by atoms with Gasteiger partial charge in [0.2, 0.25) is 0 Å². The Morgan fingerprint density at radius 3 is 2.46 bits per heavy atom. The SMILES string of the molecule is CCC(=O)Oc1ccc(N=O)cc1. The third-order valence-electron chi connectivity index (χ3n) is 1.46. The summed E-state index contributed by atoms with van der Waals surface area (Å²) in [6, 6.07) is 6.05. The van der Waals surface area contributed by atoms with E-state index >= 15 is 0 Å². The summed E-state index contributed by atoms with van der Waals surface area (Å²) in [6.45, 7) is 1.71. The molecule has 0 fully saturated rings. The normalized spacial score (nSPS) is 9.31. The highest BCUT2D eigenvalue weighted by atomic mass is 16.5. The first kappa shape index (κ1) is 9.38. The van der Waals surface area contributed by atoms with E-state index in [-0.39, 0.29) is 5.97 Å². The second-order valence-corrected chi connectivity index (χ2v) is 2.41. The summed E-state index contributed by atoms with van der Waals surface area (Å²) < 4.78 is 4.88. The van der Waals surface area contributed by atoms with Crippen molar-refractivity contribution in [1.29, 1.82) is 0 Å². The summed E-state index contributed by atoms with van der Waals surface area (Å²) in [6.07, 6.45) is 0.327. The molecule has 0 aliphatic heterocycles. The van der Waals surface area contributed by atoms with Crippen LogP contribution in [-0.4, -0.2) is 5.97 Å². The zero-order chi connectivity index (χ0) is 9.68. The monoisotopic (exact) mass is 179 g/mol. The van der Waals surface area contributed by atoms with Gasteiger partial charge in [0.1, 0.15) is 11.4 Å². The molecule has 68 valence electrons. The highest BCUT2D eigenvalue weighted by molar-refractivity contribution is 5.72. The van der Waals surface area contributed by atoms with Crippen molar-refractivity contribution in [2.45, 2.75) is 13.3 Å². The van der Waals surface area contributed by atoms with Crippen LogP contribution in [0.25, 0.3) is 0 Å². The summed E-state index contributed by atoms with van der Waals surface area (Å²) >= 11 is 0. The van der Waals surface area contributed by atoms with Gasteiger partial charge >= 0.3 is 5.97 Å². The average Bonchev–Trinajstić information content (AvgIpc) is 2.19. The zero-order valence-electron chi connectivity index (χ0n) is 7.19. The van der Waals surface area contributed by atoms with Crippen molar-refractivity contribution in [2.75, 3.05) is 0 Å². The van der Waals surface area contributed by atoms with Crippen molar-refractivity contribution >= 4 is 11.7 Å². The summed E-state index contributed by atoms with van der Waals surface area (Å²) in [7, 11) is 0. The van der Waals surface area contributed by atoms with Gasteiger partial charge in [-0.15, -0.1) is 4.91 Å². The lowest BCUT2D eigenvalue weighted by atomic mass is 10.3. The molecule has 0 heterocycles. The summed E-state index contributed by atoms with van der Waals surface area (Å²) in [5.74, 6) is 0.131. The predicted molar refractivity (Wildman–Crippen MR) is 47.8 cm³/mol. The van der Waals surface area contributed by atoms with E-state index < -0.39 is 0 Å². The molecule has 0 aliphatic rings. The first-order valence-corrected chi connectivity index (χ1v) is 3.90. The number of rotatable bonds is 3. The molecule has 0 amide bonds. The maximum absolute atomic E-state index is 10.8. The quantitative estimate of drug-likeness (QED) is 0.406. The molecule has 0 aliphatic carbocycles. The molecule has 1 rings (SSSR count). The van der Waals surface area contributed by atoms with Crippen LogP contribution < -0.4 is 4.74 Å². The van der Waals surface area contributed by atoms with Gasteiger partial charge < -0.3 is 4.74 Å². The minimum absolute atomic E-state index is 0.299. The Bertz CT molecular complexity index is 305. The molecule has 1 aromatic carbocycles. The van der Waals surface area contributed by atoms with Gasteiger partial charge in [0, 0.05) is 6.42 Å². The number of carbonyl (C=O) groups is 1. The van der Waals surface area contributed by atoms with Crippen LogP contribution in [0, 0.1) is 4.91 Å². The topological polar surface area (TPSA) is 55.7 Å². The summed E-state index contributed by atoms with van der Waals surface area (Å²) in [5, 5.41) is 2.72. The van der Waals surface area contributed by atoms with Crippen LogP contribution >= 0.6 is 0 Å². The first-order valence-electron chi connectivity index (χ1n) is 3.90. The minimum atomic E-state index is -0.299. The smallest absolute Gasteiger partial charge is 0.310 e. The lowest BCUT2D eigenvalue weighted by Crippen LogP contribution is -2.04. The van der Waals surface area contributed by atoms with Gasteiger partial charge in [-0.2, -0.15) is 0 Å². The van der Waals surface area contributed by atoms with E-state index in [1.807, 2.05) is 0 Å². The van der Waals surface area contributed by atoms with E-state index in [9.17, 15) is 9.70 Å². The van der Waals surface area contributed by atoms with Crippen molar-refractivity contribution in [3.8, 4) is 5.75 Å². The summed E-state index contributed by atoms with van der Waals surface area (Å²) in [5.41, 5.74) is 0.316. The molecule has 0 radical (unpaired) electrons. The number of hydrogen-bond acceptors (Lipinski definition) is 4. The van der Waals surface area contributed by atoms with Gasteiger partial charge in [-0.3, -0.25) is 4.79 Å². The van der Waals surface area contributed by atoms with Crippen molar-refractivity contribution in [2.24, 2.45) is 5.18 Å². The van der Waals surface area contributed by atoms with Gasteiger partial charge in [0.05, 0.1) is 0 Å². The Labute approximate surface area is 75.5 Å².